The van der Waals surface area contributed by atoms with Crippen LogP contribution in [0.2, 0.25) is 0 Å². The minimum atomic E-state index is -0.331. The average molecular weight is 231 g/mol. The van der Waals surface area contributed by atoms with Crippen LogP contribution >= 0.6 is 0 Å². The first-order valence-corrected chi connectivity index (χ1v) is 5.41. The van der Waals surface area contributed by atoms with Gasteiger partial charge in [-0.3, -0.25) is 0 Å². The fourth-order valence-electron chi connectivity index (χ4n) is 1.84. The van der Waals surface area contributed by atoms with Crippen LogP contribution in [-0.2, 0) is 6.61 Å². The smallest absolute Gasteiger partial charge is 0.147 e. The highest BCUT2D eigenvalue weighted by Gasteiger charge is 2.13. The van der Waals surface area contributed by atoms with Crippen molar-refractivity contribution >= 4 is 11.4 Å². The van der Waals surface area contributed by atoms with Gasteiger partial charge in [-0.25, -0.2) is 4.39 Å². The summed E-state index contributed by atoms with van der Waals surface area (Å²) in [6.45, 7) is -0.176. The van der Waals surface area contributed by atoms with E-state index in [4.69, 9.17) is 0 Å². The Morgan fingerprint density at radius 1 is 1.06 bits per heavy atom. The molecule has 0 aromatic heterocycles. The normalized spacial score (nSPS) is 10.3. The van der Waals surface area contributed by atoms with Gasteiger partial charge in [0.1, 0.15) is 5.82 Å². The maximum Gasteiger partial charge on any atom is 0.147 e. The van der Waals surface area contributed by atoms with Crippen molar-refractivity contribution in [1.29, 1.82) is 0 Å². The molecule has 1 N–H and O–H groups in total. The van der Waals surface area contributed by atoms with E-state index < -0.39 is 0 Å². The molecule has 0 bridgehead atoms. The minimum Gasteiger partial charge on any atom is -0.392 e. The van der Waals surface area contributed by atoms with Gasteiger partial charge in [-0.2, -0.15) is 0 Å². The van der Waals surface area contributed by atoms with E-state index in [0.29, 0.717) is 11.3 Å². The number of para-hydroxylation sites is 2. The van der Waals surface area contributed by atoms with Gasteiger partial charge in [0.25, 0.3) is 0 Å². The van der Waals surface area contributed by atoms with E-state index in [0.717, 1.165) is 5.69 Å². The van der Waals surface area contributed by atoms with Crippen molar-refractivity contribution in [3.8, 4) is 0 Å². The van der Waals surface area contributed by atoms with Crippen molar-refractivity contribution in [2.45, 2.75) is 6.61 Å². The van der Waals surface area contributed by atoms with Crippen LogP contribution in [-0.4, -0.2) is 12.2 Å². The van der Waals surface area contributed by atoms with Gasteiger partial charge >= 0.3 is 0 Å². The first-order chi connectivity index (χ1) is 8.24. The summed E-state index contributed by atoms with van der Waals surface area (Å²) >= 11 is 0. The second kappa shape index (κ2) is 4.97. The Labute approximate surface area is 99.9 Å². The van der Waals surface area contributed by atoms with E-state index in [1.54, 1.807) is 24.1 Å². The topological polar surface area (TPSA) is 23.5 Å². The molecular weight excluding hydrogens is 217 g/mol. The molecule has 0 aliphatic heterocycles. The Hall–Kier alpha value is -1.87. The maximum atomic E-state index is 13.8. The van der Waals surface area contributed by atoms with E-state index in [1.165, 1.54) is 6.07 Å². The van der Waals surface area contributed by atoms with Gasteiger partial charge in [-0.05, 0) is 18.2 Å². The summed E-state index contributed by atoms with van der Waals surface area (Å²) < 4.78 is 13.8. The molecule has 2 nitrogen and oxygen atoms in total. The number of benzene rings is 2. The number of anilines is 2. The molecule has 0 spiro atoms. The molecule has 17 heavy (non-hydrogen) atoms. The Bertz CT molecular complexity index is 499. The highest BCUT2D eigenvalue weighted by Crippen LogP contribution is 2.29. The Kier molecular flexibility index (Phi) is 3.40. The highest BCUT2D eigenvalue weighted by atomic mass is 19.1. The van der Waals surface area contributed by atoms with E-state index in [2.05, 4.69) is 0 Å². The number of hydrogen-bond acceptors (Lipinski definition) is 2. The van der Waals surface area contributed by atoms with Gasteiger partial charge in [0.05, 0.1) is 12.3 Å². The Morgan fingerprint density at radius 3 is 2.41 bits per heavy atom. The standard InChI is InChI=1S/C14H14FNO/c1-16(12-7-3-2-4-8-12)14-11(10-17)6-5-9-13(14)15/h2-9,17H,10H2,1H3. The maximum absolute atomic E-state index is 13.8. The largest absolute Gasteiger partial charge is 0.392 e. The summed E-state index contributed by atoms with van der Waals surface area (Å²) in [7, 11) is 1.78. The molecule has 0 aliphatic rings. The molecule has 0 fully saturated rings. The van der Waals surface area contributed by atoms with Gasteiger partial charge in [-0.1, -0.05) is 30.3 Å². The molecule has 2 rings (SSSR count). The molecule has 0 saturated heterocycles. The van der Waals surface area contributed by atoms with Crippen LogP contribution in [0.15, 0.2) is 48.5 Å². The lowest BCUT2D eigenvalue weighted by Crippen LogP contribution is -2.13. The third-order valence-electron chi connectivity index (χ3n) is 2.72. The van der Waals surface area contributed by atoms with Gasteiger partial charge < -0.3 is 10.0 Å². The third kappa shape index (κ3) is 2.29. The van der Waals surface area contributed by atoms with Crippen LogP contribution in [0.1, 0.15) is 5.56 Å². The summed E-state index contributed by atoms with van der Waals surface area (Å²) in [6.07, 6.45) is 0. The zero-order chi connectivity index (χ0) is 12.3. The van der Waals surface area contributed by atoms with E-state index >= 15 is 0 Å². The number of aliphatic hydroxyl groups is 1. The Balaban J connectivity index is 2.47. The van der Waals surface area contributed by atoms with E-state index in [-0.39, 0.29) is 12.4 Å². The SMILES string of the molecule is CN(c1ccccc1)c1c(F)cccc1CO. The van der Waals surface area contributed by atoms with Crippen LogP contribution in [0.3, 0.4) is 0 Å². The molecule has 0 aliphatic carbocycles. The molecule has 2 aromatic rings. The predicted octanol–water partition coefficient (Wildman–Crippen LogP) is 3.09. The summed E-state index contributed by atoms with van der Waals surface area (Å²) in [5.74, 6) is -0.331. The van der Waals surface area contributed by atoms with Gasteiger partial charge in [-0.15, -0.1) is 0 Å². The summed E-state index contributed by atoms with van der Waals surface area (Å²) in [5.41, 5.74) is 1.88. The van der Waals surface area contributed by atoms with Crippen molar-refractivity contribution in [1.82, 2.24) is 0 Å². The van der Waals surface area contributed by atoms with Crippen LogP contribution in [0.4, 0.5) is 15.8 Å². The first-order valence-electron chi connectivity index (χ1n) is 5.41. The third-order valence-corrected chi connectivity index (χ3v) is 2.72. The number of halogens is 1. The molecule has 0 saturated carbocycles. The van der Waals surface area contributed by atoms with Crippen molar-refractivity contribution in [3.63, 3.8) is 0 Å². The van der Waals surface area contributed by atoms with Gasteiger partial charge in [0.2, 0.25) is 0 Å². The number of nitrogens with zero attached hydrogens (tertiary/aromatic N) is 1. The van der Waals surface area contributed by atoms with Crippen LogP contribution < -0.4 is 4.90 Å². The minimum absolute atomic E-state index is 0.176. The van der Waals surface area contributed by atoms with Gasteiger partial charge in [0.15, 0.2) is 0 Å². The molecule has 88 valence electrons. The zero-order valence-corrected chi connectivity index (χ0v) is 9.60. The second-order valence-electron chi connectivity index (χ2n) is 3.80. The van der Waals surface area contributed by atoms with E-state index in [1.807, 2.05) is 30.3 Å². The number of aliphatic hydroxyl groups excluding tert-OH is 1. The van der Waals surface area contributed by atoms with Crippen LogP contribution in [0, 0.1) is 5.82 Å². The number of hydrogen-bond donors (Lipinski definition) is 1. The fourth-order valence-corrected chi connectivity index (χ4v) is 1.84. The molecule has 2 aromatic carbocycles. The highest BCUT2D eigenvalue weighted by molar-refractivity contribution is 5.66. The molecular formula is C14H14FNO. The van der Waals surface area contributed by atoms with E-state index in [9.17, 15) is 9.50 Å². The molecule has 0 unspecified atom stereocenters. The van der Waals surface area contributed by atoms with Crippen LogP contribution in [0.5, 0.6) is 0 Å². The van der Waals surface area contributed by atoms with Gasteiger partial charge in [0, 0.05) is 18.3 Å². The van der Waals surface area contributed by atoms with Crippen molar-refractivity contribution in [2.75, 3.05) is 11.9 Å². The average Bonchev–Trinajstić information content (AvgIpc) is 2.38. The fraction of sp³-hybridized carbons (Fsp3) is 0.143. The lowest BCUT2D eigenvalue weighted by molar-refractivity contribution is 0.281. The predicted molar refractivity (Wildman–Crippen MR) is 66.8 cm³/mol. The van der Waals surface area contributed by atoms with Crippen molar-refractivity contribution < 1.29 is 9.50 Å². The second-order valence-corrected chi connectivity index (χ2v) is 3.80. The Morgan fingerprint density at radius 2 is 1.76 bits per heavy atom. The molecule has 0 heterocycles. The first kappa shape index (κ1) is 11.6. The quantitative estimate of drug-likeness (QED) is 0.877. The lowest BCUT2D eigenvalue weighted by atomic mass is 10.1. The summed E-state index contributed by atoms with van der Waals surface area (Å²) in [4.78, 5) is 1.74. The zero-order valence-electron chi connectivity index (χ0n) is 9.60. The van der Waals surface area contributed by atoms with Crippen molar-refractivity contribution in [2.24, 2.45) is 0 Å². The molecule has 3 heteroatoms. The lowest BCUT2D eigenvalue weighted by Gasteiger charge is -2.22. The molecule has 0 radical (unpaired) electrons. The van der Waals surface area contributed by atoms with Crippen molar-refractivity contribution in [3.05, 3.63) is 59.9 Å². The monoisotopic (exact) mass is 231 g/mol. The summed E-state index contributed by atoms with van der Waals surface area (Å²) in [6, 6.07) is 14.2. The summed E-state index contributed by atoms with van der Waals surface area (Å²) in [5, 5.41) is 9.25. The number of rotatable bonds is 3. The molecule has 0 amide bonds. The molecule has 0 atom stereocenters. The van der Waals surface area contributed by atoms with Crippen LogP contribution in [0.25, 0.3) is 0 Å².